The zero-order valence-corrected chi connectivity index (χ0v) is 47.7. The predicted molar refractivity (Wildman–Crippen MR) is 298 cm³/mol. The van der Waals surface area contributed by atoms with Crippen molar-refractivity contribution in [1.82, 2.24) is 47.0 Å². The van der Waals surface area contributed by atoms with Crippen LogP contribution in [0.3, 0.4) is 0 Å². The van der Waals surface area contributed by atoms with E-state index in [4.69, 9.17) is 0 Å². The van der Waals surface area contributed by atoms with Gasteiger partial charge >= 0.3 is 0 Å². The van der Waals surface area contributed by atoms with Crippen LogP contribution in [0.15, 0.2) is 59.8 Å². The molecule has 7 amide bonds. The number of thioether (sulfide) groups is 2. The smallest absolute Gasteiger partial charge is 0.246 e. The SMILES string of the molecule is CN[C@@H](C)C(=O)N[C@H]1CCS[C@H]2CC(C)(C)[C@@H](C(=O)C[C@H]3c4ccccc4C[C@H]3C(=O)NC3=C(C)C[C@@H](NC(=O)[C@@H]4Cc5ccccc5[C@@H]4NC(=O)[C@H]4N5C(=O)[C@@H](NC(=O)[C@H](C)NC)CCS[C@H]5CC4(C)C)CC3)N2C1=O. The van der Waals surface area contributed by atoms with E-state index >= 15 is 0 Å². The summed E-state index contributed by atoms with van der Waals surface area (Å²) >= 11 is 3.29. The van der Waals surface area contributed by atoms with Crippen molar-refractivity contribution in [3.63, 3.8) is 0 Å². The van der Waals surface area contributed by atoms with E-state index in [9.17, 15) is 38.4 Å². The molecule has 4 fully saturated rings. The Bertz CT molecular complexity index is 2710. The Morgan fingerprint density at radius 3 is 1.73 bits per heavy atom. The Labute approximate surface area is 461 Å². The molecule has 13 atom stereocenters. The fraction of sp³-hybridized carbons (Fsp3) is 0.621. The number of hydrogen-bond acceptors (Lipinski definition) is 12. The highest BCUT2D eigenvalue weighted by Gasteiger charge is 2.57. The Balaban J connectivity index is 0.863. The number of allylic oxidation sites excluding steroid dienone is 1. The molecule has 0 bridgehead atoms. The van der Waals surface area contributed by atoms with E-state index < -0.39 is 70.9 Å². The first-order valence-electron chi connectivity index (χ1n) is 27.7. The molecule has 0 saturated carbocycles. The van der Waals surface area contributed by atoms with E-state index in [2.05, 4.69) is 37.2 Å². The van der Waals surface area contributed by atoms with Gasteiger partial charge in [-0.3, -0.25) is 38.4 Å². The molecular formula is C58H79N9O8S2. The van der Waals surface area contributed by atoms with Gasteiger partial charge in [-0.25, -0.2) is 0 Å². The van der Waals surface area contributed by atoms with E-state index in [0.29, 0.717) is 69.3 Å². The molecule has 7 aliphatic rings. The molecule has 0 radical (unpaired) electrons. The molecule has 4 heterocycles. The van der Waals surface area contributed by atoms with Crippen molar-refractivity contribution < 1.29 is 38.4 Å². The summed E-state index contributed by atoms with van der Waals surface area (Å²) in [6, 6.07) is 10.8. The highest BCUT2D eigenvalue weighted by atomic mass is 32.2. The van der Waals surface area contributed by atoms with Gasteiger partial charge in [0.15, 0.2) is 5.78 Å². The number of carbonyl (C=O) groups excluding carboxylic acids is 8. The van der Waals surface area contributed by atoms with Crippen LogP contribution in [-0.2, 0) is 51.2 Å². The number of rotatable bonds is 15. The zero-order valence-electron chi connectivity index (χ0n) is 46.1. The average Bonchev–Trinajstić information content (AvgIpc) is 4.11. The number of nitrogens with zero attached hydrogens (tertiary/aromatic N) is 2. The lowest BCUT2D eigenvalue weighted by molar-refractivity contribution is -0.144. The highest BCUT2D eigenvalue weighted by molar-refractivity contribution is 8.00. The Kier molecular flexibility index (Phi) is 16.8. The normalized spacial score (nSPS) is 30.9. The number of amides is 7. The van der Waals surface area contributed by atoms with E-state index in [-0.39, 0.29) is 70.3 Å². The van der Waals surface area contributed by atoms with Crippen molar-refractivity contribution in [3.8, 4) is 0 Å². The molecule has 2 aromatic carbocycles. The third kappa shape index (κ3) is 11.3. The minimum Gasteiger partial charge on any atom is -0.353 e. The maximum absolute atomic E-state index is 14.9. The molecular weight excluding hydrogens is 1010 g/mol. The van der Waals surface area contributed by atoms with Gasteiger partial charge in [-0.15, -0.1) is 23.5 Å². The third-order valence-electron chi connectivity index (χ3n) is 17.9. The zero-order chi connectivity index (χ0) is 55.2. The van der Waals surface area contributed by atoms with Crippen LogP contribution in [0.25, 0.3) is 0 Å². The number of Topliss-reactive ketones (excluding diaryl/α,β-unsaturated/α-hetero) is 1. The Morgan fingerprint density at radius 2 is 1.16 bits per heavy atom. The molecule has 0 spiro atoms. The molecule has 2 aromatic rings. The number of likely N-dealkylation sites (N-methyl/N-ethyl adjacent to an activating group) is 2. The quantitative estimate of drug-likeness (QED) is 0.132. The Morgan fingerprint density at radius 1 is 0.636 bits per heavy atom. The molecule has 0 unspecified atom stereocenters. The van der Waals surface area contributed by atoms with E-state index in [1.54, 1.807) is 61.3 Å². The summed E-state index contributed by atoms with van der Waals surface area (Å²) in [4.78, 5) is 117. The summed E-state index contributed by atoms with van der Waals surface area (Å²) in [6.07, 6.45) is 4.77. The Hall–Kier alpha value is -5.24. The molecule has 77 heavy (non-hydrogen) atoms. The van der Waals surface area contributed by atoms with Crippen LogP contribution < -0.4 is 37.2 Å². The van der Waals surface area contributed by atoms with Gasteiger partial charge in [-0.2, -0.15) is 0 Å². The van der Waals surface area contributed by atoms with Crippen molar-refractivity contribution in [3.05, 3.63) is 82.1 Å². The van der Waals surface area contributed by atoms with Crippen LogP contribution in [-0.4, -0.2) is 136 Å². The monoisotopic (exact) mass is 1090 g/mol. The van der Waals surface area contributed by atoms with E-state index in [1.165, 1.54) is 0 Å². The third-order valence-corrected chi connectivity index (χ3v) is 20.4. The van der Waals surface area contributed by atoms with E-state index in [0.717, 1.165) is 33.5 Å². The molecule has 3 aliphatic carbocycles. The lowest BCUT2D eigenvalue weighted by atomic mass is 9.78. The number of benzene rings is 2. The molecule has 4 saturated heterocycles. The number of nitrogens with one attached hydrogen (secondary N) is 7. The van der Waals surface area contributed by atoms with Crippen molar-refractivity contribution in [2.75, 3.05) is 25.6 Å². The first-order chi connectivity index (χ1) is 36.6. The summed E-state index contributed by atoms with van der Waals surface area (Å²) in [5.74, 6) is -2.02. The number of hydrogen-bond donors (Lipinski definition) is 7. The van der Waals surface area contributed by atoms with E-state index in [1.807, 2.05) is 83.1 Å². The van der Waals surface area contributed by atoms with Gasteiger partial charge in [0.05, 0.1) is 40.8 Å². The second-order valence-corrected chi connectivity index (χ2v) is 26.6. The summed E-state index contributed by atoms with van der Waals surface area (Å²) in [6.45, 7) is 13.5. The van der Waals surface area contributed by atoms with Gasteiger partial charge < -0.3 is 47.0 Å². The molecule has 4 aliphatic heterocycles. The standard InChI is InChI=1S/C58H79N9O8S2/c1-30-24-35(61-53(72)40-26-34-15-11-13-17-37(34)47(40)65-54(73)49-58(6,7)29-46-67(49)56(75)43(21-23-77-46)64-51(70)32(3)60-9)18-19-41(30)62-52(71)39-25-33-14-10-12-16-36(33)38(39)27-44(68)48-57(4,5)28-45-66(48)55(74)42(20-22-76-45)63-50(69)31(2)59-8/h10-17,31-32,35,38-40,42-43,45-49,59-60H,18-29H2,1-9H3,(H,61,72)(H,62,71)(H,63,69)(H,64,70)(H,65,73)/t31-,32-,35-,38-,39+,40+,42-,43-,45-,46-,47-,48+,49+/m0/s1. The largest absolute Gasteiger partial charge is 0.353 e. The van der Waals surface area contributed by atoms with Gasteiger partial charge in [0.25, 0.3) is 0 Å². The van der Waals surface area contributed by atoms with Gasteiger partial charge in [-0.1, -0.05) is 81.8 Å². The molecule has 17 nitrogen and oxygen atoms in total. The van der Waals surface area contributed by atoms with Gasteiger partial charge in [0, 0.05) is 30.0 Å². The van der Waals surface area contributed by atoms with Crippen molar-refractivity contribution in [2.45, 2.75) is 178 Å². The summed E-state index contributed by atoms with van der Waals surface area (Å²) < 4.78 is 0. The lowest BCUT2D eigenvalue weighted by Crippen LogP contribution is -2.58. The van der Waals surface area contributed by atoms with Crippen LogP contribution in [0, 0.1) is 22.7 Å². The fourth-order valence-electron chi connectivity index (χ4n) is 13.4. The number of ketones is 1. The maximum Gasteiger partial charge on any atom is 0.246 e. The van der Waals surface area contributed by atoms with Crippen LogP contribution in [0.2, 0.25) is 0 Å². The lowest BCUT2D eigenvalue weighted by Gasteiger charge is -2.35. The minimum absolute atomic E-state index is 0.0848. The summed E-state index contributed by atoms with van der Waals surface area (Å²) in [5, 5.41) is 21.2. The summed E-state index contributed by atoms with van der Waals surface area (Å²) in [5.41, 5.74) is 4.49. The second-order valence-electron chi connectivity index (χ2n) is 24.0. The van der Waals surface area contributed by atoms with Crippen LogP contribution in [0.4, 0.5) is 0 Å². The van der Waals surface area contributed by atoms with Gasteiger partial charge in [-0.05, 0) is 137 Å². The average molecular weight is 1090 g/mol. The first kappa shape index (κ1) is 56.5. The van der Waals surface area contributed by atoms with Crippen molar-refractivity contribution in [2.24, 2.45) is 22.7 Å². The van der Waals surface area contributed by atoms with Gasteiger partial charge in [0.2, 0.25) is 41.4 Å². The number of fused-ring (bicyclic) bond motifs is 4. The van der Waals surface area contributed by atoms with Crippen LogP contribution >= 0.6 is 23.5 Å². The molecule has 416 valence electrons. The molecule has 9 rings (SSSR count). The van der Waals surface area contributed by atoms with Crippen LogP contribution in [0.5, 0.6) is 0 Å². The van der Waals surface area contributed by atoms with Gasteiger partial charge in [0.1, 0.15) is 18.1 Å². The fourth-order valence-corrected chi connectivity index (χ4v) is 16.6. The van der Waals surface area contributed by atoms with Crippen molar-refractivity contribution >= 4 is 70.7 Å². The second kappa shape index (κ2) is 22.9. The predicted octanol–water partition coefficient (Wildman–Crippen LogP) is 4.36. The van der Waals surface area contributed by atoms with Crippen molar-refractivity contribution in [1.29, 1.82) is 0 Å². The molecule has 7 N–H and O–H groups in total. The molecule has 19 heteroatoms. The van der Waals surface area contributed by atoms with Crippen LogP contribution in [0.1, 0.15) is 134 Å². The highest BCUT2D eigenvalue weighted by Crippen LogP contribution is 2.50. The minimum atomic E-state index is -0.823. The maximum atomic E-state index is 14.9. The topological polar surface area (TPSA) is 227 Å². The number of carbonyl (C=O) groups is 8. The molecule has 0 aromatic heterocycles. The first-order valence-corrected chi connectivity index (χ1v) is 29.8. The summed E-state index contributed by atoms with van der Waals surface area (Å²) in [7, 11) is 3.38.